The first-order valence-corrected chi connectivity index (χ1v) is 9.04. The van der Waals surface area contributed by atoms with Gasteiger partial charge >= 0.3 is 6.18 Å². The van der Waals surface area contributed by atoms with Crippen molar-refractivity contribution in [2.24, 2.45) is 4.99 Å². The number of aliphatic imine (C=N–C) groups is 1. The summed E-state index contributed by atoms with van der Waals surface area (Å²) in [5, 5.41) is 6.53. The minimum Gasteiger partial charge on any atom is -0.497 e. The van der Waals surface area contributed by atoms with Gasteiger partial charge in [-0.15, -0.1) is 24.0 Å². The van der Waals surface area contributed by atoms with Crippen LogP contribution in [0.4, 0.5) is 13.2 Å². The highest BCUT2D eigenvalue weighted by Crippen LogP contribution is 2.24. The fourth-order valence-corrected chi connectivity index (χ4v) is 3.18. The van der Waals surface area contributed by atoms with Gasteiger partial charge in [0.25, 0.3) is 0 Å². The molecule has 0 aliphatic carbocycles. The van der Waals surface area contributed by atoms with Crippen molar-refractivity contribution in [2.75, 3.05) is 40.3 Å². The number of hydrogen-bond donors (Lipinski definition) is 2. The average molecular weight is 514 g/mol. The van der Waals surface area contributed by atoms with Gasteiger partial charge in [-0.1, -0.05) is 26.0 Å². The van der Waals surface area contributed by atoms with Crippen LogP contribution in [-0.2, 0) is 5.41 Å². The number of methoxy groups -OCH3 is 1. The molecule has 9 heteroatoms. The third-order valence-electron chi connectivity index (χ3n) is 4.81. The molecule has 0 radical (unpaired) electrons. The number of halogens is 4. The maximum atomic E-state index is 12.5. The Labute approximate surface area is 182 Å². The van der Waals surface area contributed by atoms with Gasteiger partial charge in [0.05, 0.1) is 13.7 Å². The molecule has 1 saturated heterocycles. The minimum absolute atomic E-state index is 0. The number of guanidine groups is 1. The number of alkyl halides is 3. The molecule has 1 aromatic carbocycles. The third kappa shape index (κ3) is 7.65. The van der Waals surface area contributed by atoms with E-state index in [0.29, 0.717) is 32.0 Å². The summed E-state index contributed by atoms with van der Waals surface area (Å²) >= 11 is 0. The maximum Gasteiger partial charge on any atom is 0.401 e. The van der Waals surface area contributed by atoms with E-state index in [2.05, 4.69) is 29.5 Å². The van der Waals surface area contributed by atoms with Crippen LogP contribution < -0.4 is 15.4 Å². The molecule has 2 rings (SSSR count). The predicted octanol–water partition coefficient (Wildman–Crippen LogP) is 3.39. The molecule has 160 valence electrons. The van der Waals surface area contributed by atoms with Gasteiger partial charge in [-0.05, 0) is 24.1 Å². The van der Waals surface area contributed by atoms with Crippen LogP contribution >= 0.6 is 24.0 Å². The fraction of sp³-hybridized carbons (Fsp3) is 0.632. The van der Waals surface area contributed by atoms with Gasteiger partial charge < -0.3 is 15.4 Å². The lowest BCUT2D eigenvalue weighted by Gasteiger charge is -2.28. The summed E-state index contributed by atoms with van der Waals surface area (Å²) in [6, 6.07) is 7.88. The Bertz CT molecular complexity index is 635. The second-order valence-corrected chi connectivity index (χ2v) is 7.52. The minimum atomic E-state index is -4.16. The molecule has 2 N–H and O–H groups in total. The molecule has 0 spiro atoms. The van der Waals surface area contributed by atoms with Crippen molar-refractivity contribution in [2.45, 2.75) is 37.9 Å². The van der Waals surface area contributed by atoms with Crippen molar-refractivity contribution in [3.8, 4) is 5.75 Å². The largest absolute Gasteiger partial charge is 0.497 e. The number of likely N-dealkylation sites (tertiary alicyclic amines) is 1. The lowest BCUT2D eigenvalue weighted by molar-refractivity contribution is -0.143. The smallest absolute Gasteiger partial charge is 0.401 e. The molecule has 1 aliphatic heterocycles. The van der Waals surface area contributed by atoms with Crippen molar-refractivity contribution in [1.82, 2.24) is 15.5 Å². The molecule has 0 saturated carbocycles. The van der Waals surface area contributed by atoms with Crippen LogP contribution in [0.25, 0.3) is 0 Å². The van der Waals surface area contributed by atoms with Crippen molar-refractivity contribution >= 4 is 29.9 Å². The topological polar surface area (TPSA) is 48.9 Å². The van der Waals surface area contributed by atoms with Crippen molar-refractivity contribution < 1.29 is 17.9 Å². The maximum absolute atomic E-state index is 12.5. The molecule has 1 atom stereocenters. The molecular formula is C19H30F3IN4O. The van der Waals surface area contributed by atoms with E-state index in [1.165, 1.54) is 4.90 Å². The van der Waals surface area contributed by atoms with Gasteiger partial charge in [0, 0.05) is 38.1 Å². The summed E-state index contributed by atoms with van der Waals surface area (Å²) in [5.41, 5.74) is 1.01. The SMILES string of the molecule is CN=C(NCC(C)(C)c1ccc(OC)cc1)NC1CCN(CC(F)(F)F)C1.I. The first kappa shape index (κ1) is 24.8. The Balaban J connectivity index is 0.00000392. The Morgan fingerprint density at radius 3 is 2.43 bits per heavy atom. The highest BCUT2D eigenvalue weighted by Gasteiger charge is 2.34. The van der Waals surface area contributed by atoms with E-state index in [-0.39, 0.29) is 35.4 Å². The Morgan fingerprint density at radius 1 is 1.25 bits per heavy atom. The lowest BCUT2D eigenvalue weighted by Crippen LogP contribution is -2.48. The van der Waals surface area contributed by atoms with E-state index in [0.717, 1.165) is 11.3 Å². The number of nitrogens with zero attached hydrogens (tertiary/aromatic N) is 2. The van der Waals surface area contributed by atoms with E-state index < -0.39 is 12.7 Å². The first-order valence-electron chi connectivity index (χ1n) is 9.04. The predicted molar refractivity (Wildman–Crippen MR) is 117 cm³/mol. The Morgan fingerprint density at radius 2 is 1.89 bits per heavy atom. The van der Waals surface area contributed by atoms with Gasteiger partial charge in [0.1, 0.15) is 5.75 Å². The second-order valence-electron chi connectivity index (χ2n) is 7.52. The van der Waals surface area contributed by atoms with E-state index >= 15 is 0 Å². The molecule has 1 fully saturated rings. The molecule has 1 aliphatic rings. The average Bonchev–Trinajstić information content (AvgIpc) is 3.03. The Hall–Kier alpha value is -1.23. The van der Waals surface area contributed by atoms with Crippen molar-refractivity contribution in [1.29, 1.82) is 0 Å². The standard InChI is InChI=1S/C19H29F3N4O.HI/c1-18(2,14-5-7-16(27-4)8-6-14)12-24-17(23-3)25-15-9-10-26(11-15)13-19(20,21)22;/h5-8,15H,9-13H2,1-4H3,(H2,23,24,25);1H. The fourth-order valence-electron chi connectivity index (χ4n) is 3.18. The highest BCUT2D eigenvalue weighted by molar-refractivity contribution is 14.0. The van der Waals surface area contributed by atoms with Gasteiger partial charge in [-0.2, -0.15) is 13.2 Å². The van der Waals surface area contributed by atoms with Crippen LogP contribution in [0.15, 0.2) is 29.3 Å². The molecule has 0 bridgehead atoms. The summed E-state index contributed by atoms with van der Waals surface area (Å²) in [4.78, 5) is 5.63. The lowest BCUT2D eigenvalue weighted by atomic mass is 9.84. The highest BCUT2D eigenvalue weighted by atomic mass is 127. The Kier molecular flexibility index (Phi) is 9.32. The van der Waals surface area contributed by atoms with Crippen molar-refractivity contribution in [3.05, 3.63) is 29.8 Å². The summed E-state index contributed by atoms with van der Waals surface area (Å²) < 4.78 is 42.7. The van der Waals surface area contributed by atoms with Crippen LogP contribution in [0.1, 0.15) is 25.8 Å². The number of benzene rings is 1. The van der Waals surface area contributed by atoms with E-state index in [1.54, 1.807) is 14.2 Å². The summed E-state index contributed by atoms with van der Waals surface area (Å²) in [6.45, 7) is 4.82. The van der Waals surface area contributed by atoms with E-state index in [4.69, 9.17) is 4.74 Å². The first-order chi connectivity index (χ1) is 12.6. The summed E-state index contributed by atoms with van der Waals surface area (Å²) in [5.74, 6) is 1.42. The molecule has 0 amide bonds. The van der Waals surface area contributed by atoms with Crippen LogP contribution in [-0.4, -0.2) is 63.4 Å². The normalized spacial score (nSPS) is 18.5. The third-order valence-corrected chi connectivity index (χ3v) is 4.81. The molecule has 0 aromatic heterocycles. The van der Waals surface area contributed by atoms with E-state index in [1.807, 2.05) is 24.3 Å². The van der Waals surface area contributed by atoms with Gasteiger partial charge in [-0.25, -0.2) is 0 Å². The molecule has 1 aromatic rings. The van der Waals surface area contributed by atoms with E-state index in [9.17, 15) is 13.2 Å². The second kappa shape index (κ2) is 10.5. The van der Waals surface area contributed by atoms with Crippen molar-refractivity contribution in [3.63, 3.8) is 0 Å². The van der Waals surface area contributed by atoms with Gasteiger partial charge in [0.2, 0.25) is 0 Å². The molecule has 28 heavy (non-hydrogen) atoms. The molecule has 1 heterocycles. The molecule has 1 unspecified atom stereocenters. The van der Waals surface area contributed by atoms with Crippen LogP contribution in [0.5, 0.6) is 5.75 Å². The number of nitrogens with one attached hydrogen (secondary N) is 2. The van der Waals surface area contributed by atoms with Gasteiger partial charge in [-0.3, -0.25) is 9.89 Å². The van der Waals surface area contributed by atoms with Gasteiger partial charge in [0.15, 0.2) is 5.96 Å². The summed E-state index contributed by atoms with van der Waals surface area (Å²) in [6.07, 6.45) is -3.49. The number of hydrogen-bond acceptors (Lipinski definition) is 3. The molecular weight excluding hydrogens is 484 g/mol. The zero-order chi connectivity index (χ0) is 20.1. The monoisotopic (exact) mass is 514 g/mol. The number of rotatable bonds is 6. The summed E-state index contributed by atoms with van der Waals surface area (Å²) in [7, 11) is 3.30. The van der Waals surface area contributed by atoms with Crippen LogP contribution in [0.3, 0.4) is 0 Å². The quantitative estimate of drug-likeness (QED) is 0.347. The molecule has 5 nitrogen and oxygen atoms in total. The van der Waals surface area contributed by atoms with Crippen LogP contribution in [0, 0.1) is 0 Å². The zero-order valence-corrected chi connectivity index (χ0v) is 19.1. The zero-order valence-electron chi connectivity index (χ0n) is 16.8. The number of ether oxygens (including phenoxy) is 1. The van der Waals surface area contributed by atoms with Crippen LogP contribution in [0.2, 0.25) is 0 Å².